The largest absolute Gasteiger partial charge is 0.478 e. The summed E-state index contributed by atoms with van der Waals surface area (Å²) in [6, 6.07) is 25.1. The summed E-state index contributed by atoms with van der Waals surface area (Å²) in [7, 11) is 0. The number of hydrogen-bond donors (Lipinski definition) is 1. The van der Waals surface area contributed by atoms with Crippen LogP contribution in [0.25, 0.3) is 28.1 Å². The van der Waals surface area contributed by atoms with Gasteiger partial charge in [0, 0.05) is 10.6 Å². The van der Waals surface area contributed by atoms with Gasteiger partial charge < -0.3 is 5.11 Å². The fourth-order valence-corrected chi connectivity index (χ4v) is 3.58. The Morgan fingerprint density at radius 2 is 1.48 bits per heavy atom. The van der Waals surface area contributed by atoms with Crippen LogP contribution in [-0.4, -0.2) is 20.9 Å². The van der Waals surface area contributed by atoms with Gasteiger partial charge in [-0.15, -0.1) is 0 Å². The molecule has 0 saturated heterocycles. The lowest BCUT2D eigenvalue weighted by Gasteiger charge is -2.06. The van der Waals surface area contributed by atoms with E-state index in [1.165, 1.54) is 0 Å². The van der Waals surface area contributed by atoms with Gasteiger partial charge in [-0.2, -0.15) is 5.10 Å². The number of carbonyl (C=O) groups is 1. The molecule has 1 aromatic heterocycles. The number of benzene rings is 3. The fraction of sp³-hybridized carbons (Fsp3) is 0.0833. The van der Waals surface area contributed by atoms with Crippen molar-refractivity contribution in [3.05, 3.63) is 95.1 Å². The molecular formula is C24H19ClN2O2. The second kappa shape index (κ2) is 7.94. The molecule has 1 heterocycles. The Bertz CT molecular complexity index is 1150. The number of aromatic carboxylic acids is 1. The Hall–Kier alpha value is -3.37. The van der Waals surface area contributed by atoms with E-state index in [0.717, 1.165) is 22.4 Å². The van der Waals surface area contributed by atoms with E-state index >= 15 is 0 Å². The second-order valence-corrected chi connectivity index (χ2v) is 7.10. The first-order valence-corrected chi connectivity index (χ1v) is 9.73. The van der Waals surface area contributed by atoms with E-state index in [1.807, 2.05) is 73.7 Å². The molecule has 4 rings (SSSR count). The topological polar surface area (TPSA) is 55.1 Å². The predicted molar refractivity (Wildman–Crippen MR) is 116 cm³/mol. The number of halogens is 1. The number of carboxylic acid groups (broad SMARTS) is 1. The maximum atomic E-state index is 12.1. The SMILES string of the molecule is CCc1c(C(=O)O)c(-c2ccc(-c3ccccc3)cc2)nn1-c1ccc(Cl)cc1. The molecule has 0 saturated carbocycles. The normalized spacial score (nSPS) is 10.8. The highest BCUT2D eigenvalue weighted by atomic mass is 35.5. The van der Waals surface area contributed by atoms with E-state index in [0.29, 0.717) is 22.8 Å². The lowest BCUT2D eigenvalue weighted by Crippen LogP contribution is -2.05. The van der Waals surface area contributed by atoms with Crippen LogP contribution in [0.3, 0.4) is 0 Å². The third-order valence-corrected chi connectivity index (χ3v) is 5.12. The molecule has 0 aliphatic heterocycles. The van der Waals surface area contributed by atoms with Crippen LogP contribution in [0.4, 0.5) is 0 Å². The zero-order valence-electron chi connectivity index (χ0n) is 15.8. The van der Waals surface area contributed by atoms with Crippen LogP contribution in [0.1, 0.15) is 23.0 Å². The smallest absolute Gasteiger partial charge is 0.339 e. The van der Waals surface area contributed by atoms with Crippen LogP contribution in [0, 0.1) is 0 Å². The number of carboxylic acids is 1. The molecule has 0 aliphatic rings. The van der Waals surface area contributed by atoms with Gasteiger partial charge in [0.1, 0.15) is 11.3 Å². The summed E-state index contributed by atoms with van der Waals surface area (Å²) < 4.78 is 1.69. The Kier molecular flexibility index (Phi) is 5.19. The fourth-order valence-electron chi connectivity index (χ4n) is 3.45. The van der Waals surface area contributed by atoms with Crippen LogP contribution in [0.2, 0.25) is 5.02 Å². The minimum Gasteiger partial charge on any atom is -0.478 e. The summed E-state index contributed by atoms with van der Waals surface area (Å²) in [6.07, 6.45) is 0.541. The number of rotatable bonds is 5. The number of nitrogens with zero attached hydrogens (tertiary/aromatic N) is 2. The molecule has 0 unspecified atom stereocenters. The van der Waals surface area contributed by atoms with Crippen LogP contribution in [0.15, 0.2) is 78.9 Å². The first-order valence-electron chi connectivity index (χ1n) is 9.35. The maximum absolute atomic E-state index is 12.1. The quantitative estimate of drug-likeness (QED) is 0.437. The van der Waals surface area contributed by atoms with Gasteiger partial charge in [0.25, 0.3) is 0 Å². The number of aromatic nitrogens is 2. The summed E-state index contributed by atoms with van der Waals surface area (Å²) in [5.74, 6) is -0.982. The molecule has 29 heavy (non-hydrogen) atoms. The van der Waals surface area contributed by atoms with Gasteiger partial charge in [0.05, 0.1) is 11.4 Å². The van der Waals surface area contributed by atoms with Crippen molar-refractivity contribution in [2.45, 2.75) is 13.3 Å². The summed E-state index contributed by atoms with van der Waals surface area (Å²) in [5.41, 5.74) is 5.07. The molecule has 5 heteroatoms. The van der Waals surface area contributed by atoms with Gasteiger partial charge >= 0.3 is 5.97 Å². The Morgan fingerprint density at radius 1 is 0.897 bits per heavy atom. The van der Waals surface area contributed by atoms with Crippen LogP contribution in [0.5, 0.6) is 0 Å². The number of hydrogen-bond acceptors (Lipinski definition) is 2. The van der Waals surface area contributed by atoms with Gasteiger partial charge in [0.15, 0.2) is 0 Å². The van der Waals surface area contributed by atoms with Crippen LogP contribution < -0.4 is 0 Å². The van der Waals surface area contributed by atoms with Gasteiger partial charge in [-0.3, -0.25) is 0 Å². The molecule has 4 aromatic rings. The summed E-state index contributed by atoms with van der Waals surface area (Å²) in [5, 5.41) is 15.2. The van der Waals surface area contributed by atoms with E-state index in [2.05, 4.69) is 5.10 Å². The second-order valence-electron chi connectivity index (χ2n) is 6.66. The average Bonchev–Trinajstić information content (AvgIpc) is 3.15. The van der Waals surface area contributed by atoms with E-state index in [9.17, 15) is 9.90 Å². The van der Waals surface area contributed by atoms with Crippen molar-refractivity contribution in [3.8, 4) is 28.1 Å². The predicted octanol–water partition coefficient (Wildman–Crippen LogP) is 6.12. The molecule has 0 aliphatic carbocycles. The van der Waals surface area contributed by atoms with Crippen LogP contribution in [-0.2, 0) is 6.42 Å². The van der Waals surface area contributed by atoms with Crippen molar-refractivity contribution in [2.75, 3.05) is 0 Å². The monoisotopic (exact) mass is 402 g/mol. The van der Waals surface area contributed by atoms with E-state index in [-0.39, 0.29) is 5.56 Å². The van der Waals surface area contributed by atoms with Crippen LogP contribution >= 0.6 is 11.6 Å². The maximum Gasteiger partial charge on any atom is 0.339 e. The molecule has 144 valence electrons. The van der Waals surface area contributed by atoms with Gasteiger partial charge in [0.2, 0.25) is 0 Å². The Balaban J connectivity index is 1.83. The molecule has 0 radical (unpaired) electrons. The minimum absolute atomic E-state index is 0.231. The highest BCUT2D eigenvalue weighted by Gasteiger charge is 2.24. The van der Waals surface area contributed by atoms with E-state index < -0.39 is 5.97 Å². The van der Waals surface area contributed by atoms with Crippen molar-refractivity contribution in [2.24, 2.45) is 0 Å². The van der Waals surface area contributed by atoms with Crippen molar-refractivity contribution >= 4 is 17.6 Å². The minimum atomic E-state index is -0.982. The molecule has 0 amide bonds. The summed E-state index contributed by atoms with van der Waals surface area (Å²) in [6.45, 7) is 1.93. The average molecular weight is 403 g/mol. The van der Waals surface area contributed by atoms with Gasteiger partial charge in [-0.1, -0.05) is 73.1 Å². The molecular weight excluding hydrogens is 384 g/mol. The summed E-state index contributed by atoms with van der Waals surface area (Å²) in [4.78, 5) is 12.1. The molecule has 0 bridgehead atoms. The highest BCUT2D eigenvalue weighted by Crippen LogP contribution is 2.30. The van der Waals surface area contributed by atoms with Gasteiger partial charge in [-0.25, -0.2) is 9.48 Å². The lowest BCUT2D eigenvalue weighted by molar-refractivity contribution is 0.0696. The third kappa shape index (κ3) is 3.67. The Labute approximate surface area is 174 Å². The zero-order chi connectivity index (χ0) is 20.4. The molecule has 0 atom stereocenters. The zero-order valence-corrected chi connectivity index (χ0v) is 16.6. The standard InChI is InChI=1S/C24H19ClN2O2/c1-2-21-22(24(28)29)23(26-27(21)20-14-12-19(25)13-15-20)18-10-8-17(9-11-18)16-6-4-3-5-7-16/h3-15H,2H2,1H3,(H,28,29). The van der Waals surface area contributed by atoms with Gasteiger partial charge in [-0.05, 0) is 41.8 Å². The Morgan fingerprint density at radius 3 is 2.07 bits per heavy atom. The molecule has 4 nitrogen and oxygen atoms in total. The van der Waals surface area contributed by atoms with Crippen molar-refractivity contribution in [1.29, 1.82) is 0 Å². The van der Waals surface area contributed by atoms with E-state index in [1.54, 1.807) is 16.8 Å². The molecule has 0 fully saturated rings. The van der Waals surface area contributed by atoms with Crippen molar-refractivity contribution in [3.63, 3.8) is 0 Å². The third-order valence-electron chi connectivity index (χ3n) is 4.87. The van der Waals surface area contributed by atoms with E-state index in [4.69, 9.17) is 11.6 Å². The highest BCUT2D eigenvalue weighted by molar-refractivity contribution is 6.30. The first kappa shape index (κ1) is 19.0. The molecule has 1 N–H and O–H groups in total. The summed E-state index contributed by atoms with van der Waals surface area (Å²) >= 11 is 6.00. The lowest BCUT2D eigenvalue weighted by atomic mass is 10.0. The molecule has 0 spiro atoms. The van der Waals surface area contributed by atoms with Crippen molar-refractivity contribution < 1.29 is 9.90 Å². The first-order chi connectivity index (χ1) is 14.1. The van der Waals surface area contributed by atoms with Crippen molar-refractivity contribution in [1.82, 2.24) is 9.78 Å². The molecule has 3 aromatic carbocycles.